The minimum absolute atomic E-state index is 0. The molecule has 0 saturated heterocycles. The second-order valence-corrected chi connectivity index (χ2v) is 4.93. The molecule has 0 amide bonds. The van der Waals surface area contributed by atoms with Gasteiger partial charge in [0, 0.05) is 17.5 Å². The van der Waals surface area contributed by atoms with E-state index in [1.54, 1.807) is 6.07 Å². The number of fused-ring (bicyclic) bond motifs is 1. The number of aryl methyl sites for hydroxylation is 1. The molecule has 0 spiro atoms. The first-order chi connectivity index (χ1) is 10.2. The van der Waals surface area contributed by atoms with Gasteiger partial charge in [0.2, 0.25) is 5.76 Å². The standard InChI is InChI=1S/C17H16NO3.BrH/c1-12-15(9-16(21-12)17(19)20-2)11-18-8-7-13-5-3-4-6-14(13)10-18;/h3-10H,11H2,1-2H3;1H/q+1;/p-1. The Bertz CT molecular complexity index is 811. The maximum atomic E-state index is 11.5. The van der Waals surface area contributed by atoms with Crippen molar-refractivity contribution in [3.8, 4) is 0 Å². The summed E-state index contributed by atoms with van der Waals surface area (Å²) in [6.45, 7) is 2.50. The molecule has 2 heterocycles. The Kier molecular flexibility index (Phi) is 4.98. The molecule has 2 aromatic heterocycles. The summed E-state index contributed by atoms with van der Waals surface area (Å²) in [6, 6.07) is 12.0. The Balaban J connectivity index is 0.00000176. The van der Waals surface area contributed by atoms with Crippen LogP contribution in [0.3, 0.4) is 0 Å². The second kappa shape index (κ2) is 6.75. The third kappa shape index (κ3) is 3.20. The Labute approximate surface area is 139 Å². The number of aromatic nitrogens is 1. The van der Waals surface area contributed by atoms with Crippen molar-refractivity contribution in [1.29, 1.82) is 0 Å². The number of hydrogen-bond acceptors (Lipinski definition) is 3. The molecule has 0 fully saturated rings. The van der Waals surface area contributed by atoms with Crippen LogP contribution in [0.5, 0.6) is 0 Å². The van der Waals surface area contributed by atoms with E-state index >= 15 is 0 Å². The van der Waals surface area contributed by atoms with Crippen molar-refractivity contribution >= 4 is 16.7 Å². The van der Waals surface area contributed by atoms with Crippen LogP contribution in [0.25, 0.3) is 10.8 Å². The molecule has 0 aliphatic rings. The van der Waals surface area contributed by atoms with Gasteiger partial charge in [0.05, 0.1) is 12.7 Å². The van der Waals surface area contributed by atoms with Crippen LogP contribution >= 0.6 is 0 Å². The topological polar surface area (TPSA) is 43.3 Å². The number of carbonyl (C=O) groups is 1. The molecular formula is C17H16BrNO3. The van der Waals surface area contributed by atoms with Gasteiger partial charge in [-0.3, -0.25) is 0 Å². The molecule has 0 unspecified atom stereocenters. The quantitative estimate of drug-likeness (QED) is 0.482. The highest BCUT2D eigenvalue weighted by Gasteiger charge is 2.17. The van der Waals surface area contributed by atoms with Gasteiger partial charge in [-0.05, 0) is 18.4 Å². The number of halogens is 1. The van der Waals surface area contributed by atoms with Gasteiger partial charge in [-0.25, -0.2) is 9.36 Å². The fraction of sp³-hybridized carbons (Fsp3) is 0.176. The fourth-order valence-corrected chi connectivity index (χ4v) is 2.35. The van der Waals surface area contributed by atoms with Gasteiger partial charge in [-0.15, -0.1) is 0 Å². The van der Waals surface area contributed by atoms with Crippen molar-refractivity contribution in [1.82, 2.24) is 0 Å². The summed E-state index contributed by atoms with van der Waals surface area (Å²) in [4.78, 5) is 11.5. The number of furan rings is 1. The summed E-state index contributed by atoms with van der Waals surface area (Å²) in [6.07, 6.45) is 4.10. The number of benzene rings is 1. The lowest BCUT2D eigenvalue weighted by Crippen LogP contribution is -3.00. The van der Waals surface area contributed by atoms with E-state index in [-0.39, 0.29) is 22.7 Å². The predicted molar refractivity (Wildman–Crippen MR) is 78.0 cm³/mol. The van der Waals surface area contributed by atoms with Crippen LogP contribution in [0.15, 0.2) is 53.2 Å². The number of rotatable bonds is 3. The maximum absolute atomic E-state index is 11.5. The first-order valence-electron chi connectivity index (χ1n) is 6.73. The largest absolute Gasteiger partial charge is 1.00 e. The molecular weight excluding hydrogens is 346 g/mol. The average Bonchev–Trinajstić information content (AvgIpc) is 2.87. The van der Waals surface area contributed by atoms with Crippen LogP contribution < -0.4 is 21.5 Å². The summed E-state index contributed by atoms with van der Waals surface area (Å²) in [5.41, 5.74) is 0.968. The smallest absolute Gasteiger partial charge is 0.373 e. The lowest BCUT2D eigenvalue weighted by Gasteiger charge is -1.98. The Morgan fingerprint density at radius 1 is 1.23 bits per heavy atom. The zero-order valence-electron chi connectivity index (χ0n) is 12.4. The van der Waals surface area contributed by atoms with Crippen molar-refractivity contribution in [2.75, 3.05) is 7.11 Å². The minimum atomic E-state index is -0.451. The molecule has 0 saturated carbocycles. The molecule has 0 radical (unpaired) electrons. The van der Waals surface area contributed by atoms with E-state index in [0.29, 0.717) is 6.54 Å². The summed E-state index contributed by atoms with van der Waals surface area (Å²) < 4.78 is 12.2. The molecule has 3 rings (SSSR count). The number of esters is 1. The molecule has 1 aromatic carbocycles. The van der Waals surface area contributed by atoms with Gasteiger partial charge in [-0.1, -0.05) is 18.2 Å². The number of methoxy groups -OCH3 is 1. The van der Waals surface area contributed by atoms with Gasteiger partial charge in [0.25, 0.3) is 0 Å². The van der Waals surface area contributed by atoms with E-state index < -0.39 is 5.97 Å². The zero-order valence-corrected chi connectivity index (χ0v) is 14.0. The molecule has 3 aromatic rings. The van der Waals surface area contributed by atoms with E-state index in [1.165, 1.54) is 17.9 Å². The second-order valence-electron chi connectivity index (χ2n) is 4.93. The SMILES string of the molecule is COC(=O)c1cc(C[n+]2ccc3ccccc3c2)c(C)o1.[Br-]. The zero-order chi connectivity index (χ0) is 14.8. The summed E-state index contributed by atoms with van der Waals surface area (Å²) >= 11 is 0. The van der Waals surface area contributed by atoms with Crippen LogP contribution in [0.2, 0.25) is 0 Å². The number of carbonyl (C=O) groups excluding carboxylic acids is 1. The number of hydrogen-bond donors (Lipinski definition) is 0. The fourth-order valence-electron chi connectivity index (χ4n) is 2.35. The van der Waals surface area contributed by atoms with Crippen LogP contribution in [0, 0.1) is 6.92 Å². The van der Waals surface area contributed by atoms with Gasteiger partial charge in [-0.2, -0.15) is 0 Å². The highest BCUT2D eigenvalue weighted by atomic mass is 79.9. The van der Waals surface area contributed by atoms with E-state index in [1.807, 2.05) is 25.3 Å². The third-order valence-electron chi connectivity index (χ3n) is 3.51. The van der Waals surface area contributed by atoms with Crippen LogP contribution in [0.1, 0.15) is 21.9 Å². The first-order valence-corrected chi connectivity index (χ1v) is 6.73. The Morgan fingerprint density at radius 3 is 2.68 bits per heavy atom. The van der Waals surface area contributed by atoms with Crippen LogP contribution in [0.4, 0.5) is 0 Å². The highest BCUT2D eigenvalue weighted by molar-refractivity contribution is 5.86. The summed E-state index contributed by atoms with van der Waals surface area (Å²) in [7, 11) is 1.35. The molecule has 4 nitrogen and oxygen atoms in total. The number of nitrogens with zero attached hydrogens (tertiary/aromatic N) is 1. The summed E-state index contributed by atoms with van der Waals surface area (Å²) in [5, 5.41) is 2.38. The number of pyridine rings is 1. The molecule has 5 heteroatoms. The normalized spacial score (nSPS) is 10.3. The molecule has 114 valence electrons. The van der Waals surface area contributed by atoms with Gasteiger partial charge in [0.1, 0.15) is 5.76 Å². The van der Waals surface area contributed by atoms with Crippen molar-refractivity contribution in [2.45, 2.75) is 13.5 Å². The van der Waals surface area contributed by atoms with Crippen molar-refractivity contribution in [3.05, 3.63) is 65.9 Å². The maximum Gasteiger partial charge on any atom is 0.373 e. The first kappa shape index (κ1) is 16.2. The average molecular weight is 362 g/mol. The van der Waals surface area contributed by atoms with Gasteiger partial charge < -0.3 is 26.1 Å². The van der Waals surface area contributed by atoms with Crippen molar-refractivity contribution in [3.63, 3.8) is 0 Å². The lowest BCUT2D eigenvalue weighted by atomic mass is 10.2. The monoisotopic (exact) mass is 361 g/mol. The van der Waals surface area contributed by atoms with E-state index in [4.69, 9.17) is 4.42 Å². The molecule has 22 heavy (non-hydrogen) atoms. The molecule has 0 bridgehead atoms. The molecule has 0 aliphatic carbocycles. The molecule has 0 aliphatic heterocycles. The Morgan fingerprint density at radius 2 is 1.95 bits per heavy atom. The van der Waals surface area contributed by atoms with Crippen molar-refractivity contribution in [2.24, 2.45) is 0 Å². The summed E-state index contributed by atoms with van der Waals surface area (Å²) in [5.74, 6) is 0.523. The van der Waals surface area contributed by atoms with Crippen LogP contribution in [-0.2, 0) is 11.3 Å². The molecule has 0 N–H and O–H groups in total. The highest BCUT2D eigenvalue weighted by Crippen LogP contribution is 2.16. The van der Waals surface area contributed by atoms with E-state index in [2.05, 4.69) is 33.7 Å². The number of ether oxygens (including phenoxy) is 1. The van der Waals surface area contributed by atoms with Gasteiger partial charge >= 0.3 is 5.97 Å². The Hall–Kier alpha value is -2.14. The van der Waals surface area contributed by atoms with Crippen molar-refractivity contribution < 1.29 is 35.5 Å². The van der Waals surface area contributed by atoms with E-state index in [9.17, 15) is 4.79 Å². The third-order valence-corrected chi connectivity index (χ3v) is 3.51. The van der Waals surface area contributed by atoms with E-state index in [0.717, 1.165) is 11.3 Å². The molecule has 0 atom stereocenters. The minimum Gasteiger partial charge on any atom is -1.00 e. The van der Waals surface area contributed by atoms with Gasteiger partial charge in [0.15, 0.2) is 18.9 Å². The lowest BCUT2D eigenvalue weighted by molar-refractivity contribution is -0.687. The van der Waals surface area contributed by atoms with Crippen LogP contribution in [-0.4, -0.2) is 13.1 Å². The predicted octanol–water partition coefficient (Wildman–Crippen LogP) is -0.132.